The maximum atomic E-state index is 13.7. The van der Waals surface area contributed by atoms with Gasteiger partial charge in [0.05, 0.1) is 45.5 Å². The zero-order valence-corrected chi connectivity index (χ0v) is 31.1. The van der Waals surface area contributed by atoms with Gasteiger partial charge in [0, 0.05) is 49.8 Å². The molecule has 1 amide bonds. The first-order valence-electron chi connectivity index (χ1n) is 17.8. The van der Waals surface area contributed by atoms with E-state index in [1.54, 1.807) is 19.1 Å². The monoisotopic (exact) mass is 751 g/mol. The number of ether oxygens (including phenoxy) is 8. The highest BCUT2D eigenvalue weighted by molar-refractivity contribution is 5.92. The summed E-state index contributed by atoms with van der Waals surface area (Å²) in [4.78, 5) is 68.8. The van der Waals surface area contributed by atoms with Gasteiger partial charge >= 0.3 is 24.1 Å². The summed E-state index contributed by atoms with van der Waals surface area (Å²) in [5, 5.41) is 3.46. The van der Waals surface area contributed by atoms with E-state index in [1.807, 2.05) is 6.07 Å². The van der Waals surface area contributed by atoms with Gasteiger partial charge in [0.1, 0.15) is 24.5 Å². The number of hydrogen-bond acceptors (Lipinski definition) is 14. The summed E-state index contributed by atoms with van der Waals surface area (Å²) in [6, 6.07) is 8.16. The van der Waals surface area contributed by atoms with Crippen LogP contribution in [0.1, 0.15) is 54.3 Å². The molecule has 2 aromatic carbocycles. The number of H-pyrrole nitrogens is 1. The van der Waals surface area contributed by atoms with Gasteiger partial charge in [-0.2, -0.15) is 0 Å². The number of amides is 1. The van der Waals surface area contributed by atoms with E-state index in [-0.39, 0.29) is 59.7 Å². The highest BCUT2D eigenvalue weighted by atomic mass is 16.7. The van der Waals surface area contributed by atoms with Crippen molar-refractivity contribution in [3.05, 3.63) is 47.2 Å². The first-order valence-corrected chi connectivity index (χ1v) is 17.8. The van der Waals surface area contributed by atoms with Gasteiger partial charge in [-0.25, -0.2) is 14.4 Å². The first-order chi connectivity index (χ1) is 26.0. The van der Waals surface area contributed by atoms with Crippen LogP contribution in [-0.2, 0) is 39.8 Å². The number of carbonyl (C=O) groups excluding carboxylic acids is 5. The second-order valence-electron chi connectivity index (χ2n) is 13.5. The molecule has 16 nitrogen and oxygen atoms in total. The van der Waals surface area contributed by atoms with Crippen LogP contribution in [0.25, 0.3) is 10.9 Å². The van der Waals surface area contributed by atoms with E-state index < -0.39 is 42.2 Å². The summed E-state index contributed by atoms with van der Waals surface area (Å²) in [5.41, 5.74) is 3.10. The Kier molecular flexibility index (Phi) is 11.6. The molecular formula is C38H45N3O13. The van der Waals surface area contributed by atoms with Crippen molar-refractivity contribution >= 4 is 40.9 Å². The molecule has 2 aliphatic heterocycles. The van der Waals surface area contributed by atoms with E-state index in [1.165, 1.54) is 53.1 Å². The first kappa shape index (κ1) is 38.4. The molecule has 1 saturated heterocycles. The molecule has 6 atom stereocenters. The Balaban J connectivity index is 1.23. The molecule has 1 aliphatic carbocycles. The van der Waals surface area contributed by atoms with Crippen molar-refractivity contribution in [2.45, 2.75) is 51.4 Å². The van der Waals surface area contributed by atoms with E-state index >= 15 is 0 Å². The van der Waals surface area contributed by atoms with Gasteiger partial charge in [-0.05, 0) is 67.9 Å². The number of nitrogens with zero attached hydrogens (tertiary/aromatic N) is 1. The van der Waals surface area contributed by atoms with Crippen molar-refractivity contribution in [1.82, 2.24) is 15.2 Å². The zero-order chi connectivity index (χ0) is 38.7. The molecule has 1 saturated carbocycles. The molecule has 3 aromatic rings. The lowest BCUT2D eigenvalue weighted by molar-refractivity contribution is -0.176. The number of benzene rings is 2. The average Bonchev–Trinajstić information content (AvgIpc) is 3.53. The minimum Gasteiger partial charge on any atom is -0.493 e. The maximum Gasteiger partial charge on any atom is 0.514 e. The van der Waals surface area contributed by atoms with Crippen molar-refractivity contribution < 1.29 is 61.9 Å². The Morgan fingerprint density at radius 1 is 0.963 bits per heavy atom. The van der Waals surface area contributed by atoms with Crippen LogP contribution < -0.4 is 24.3 Å². The van der Waals surface area contributed by atoms with Gasteiger partial charge in [0.25, 0.3) is 0 Å². The maximum absolute atomic E-state index is 13.7. The van der Waals surface area contributed by atoms with Crippen molar-refractivity contribution in [3.63, 3.8) is 0 Å². The van der Waals surface area contributed by atoms with Crippen LogP contribution in [-0.4, -0.2) is 107 Å². The SMILES string of the molecule is CCOC(=O)Oc1c(OC)cc(C(=O)O[C@@H]2CC3CN4CCc5c([nH]c6cc(OC(=O)CNC(C)=O)ccc56)[C@H]4C[C@@H]3[C@H](C(=O)OC)[C@H]2OC)cc1OC. The summed E-state index contributed by atoms with van der Waals surface area (Å²) in [7, 11) is 5.53. The molecule has 1 unspecified atom stereocenters. The molecule has 3 heterocycles. The van der Waals surface area contributed by atoms with Gasteiger partial charge in [-0.1, -0.05) is 0 Å². The van der Waals surface area contributed by atoms with Crippen LogP contribution in [0.4, 0.5) is 4.79 Å². The molecule has 3 aliphatic rings. The lowest BCUT2D eigenvalue weighted by atomic mass is 9.63. The topological polar surface area (TPSA) is 190 Å². The standard InChI is InChI=1S/C38H45N3O13/c1-7-51-38(46)54-34-28(47-3)12-20(13-29(34)48-4)36(44)53-30-14-21-18-41-11-10-24-23-9-8-22(52-31(43)17-39-19(2)42)15-26(23)40-33(24)27(41)16-25(21)32(35(30)49-5)37(45)50-6/h8-9,12-13,15,21,25,27,30,32,35,40H,7,10-11,14,16-18H2,1-6H3,(H,39,42)/t21?,25-,27+,30+,32-,35-/m0/s1. The molecule has 0 radical (unpaired) electrons. The third-order valence-corrected chi connectivity index (χ3v) is 10.5. The predicted octanol–water partition coefficient (Wildman–Crippen LogP) is 3.73. The van der Waals surface area contributed by atoms with Gasteiger partial charge in [0.2, 0.25) is 11.7 Å². The lowest BCUT2D eigenvalue weighted by Crippen LogP contribution is -2.58. The highest BCUT2D eigenvalue weighted by Gasteiger charge is 2.54. The van der Waals surface area contributed by atoms with Crippen molar-refractivity contribution in [1.29, 1.82) is 0 Å². The zero-order valence-electron chi connectivity index (χ0n) is 31.1. The van der Waals surface area contributed by atoms with Gasteiger partial charge < -0.3 is 48.2 Å². The van der Waals surface area contributed by atoms with E-state index in [9.17, 15) is 24.0 Å². The minimum absolute atomic E-state index is 0.0282. The predicted molar refractivity (Wildman–Crippen MR) is 190 cm³/mol. The summed E-state index contributed by atoms with van der Waals surface area (Å²) >= 11 is 0. The van der Waals surface area contributed by atoms with Crippen LogP contribution in [0.3, 0.4) is 0 Å². The second kappa shape index (κ2) is 16.3. The van der Waals surface area contributed by atoms with Crippen LogP contribution in [0.15, 0.2) is 30.3 Å². The fourth-order valence-corrected chi connectivity index (χ4v) is 8.19. The summed E-state index contributed by atoms with van der Waals surface area (Å²) < 4.78 is 43.8. The van der Waals surface area contributed by atoms with Gasteiger partial charge in [0.15, 0.2) is 11.5 Å². The fraction of sp³-hybridized carbons (Fsp3) is 0.500. The number of hydrogen-bond donors (Lipinski definition) is 2. The van der Waals surface area contributed by atoms with Crippen molar-refractivity contribution in [3.8, 4) is 23.0 Å². The summed E-state index contributed by atoms with van der Waals surface area (Å²) in [6.45, 7) is 4.25. The average molecular weight is 752 g/mol. The molecule has 1 aromatic heterocycles. The van der Waals surface area contributed by atoms with Gasteiger partial charge in [-0.3, -0.25) is 14.5 Å². The highest BCUT2D eigenvalue weighted by Crippen LogP contribution is 2.51. The van der Waals surface area contributed by atoms with E-state index in [0.717, 1.165) is 29.6 Å². The molecule has 0 bridgehead atoms. The molecular weight excluding hydrogens is 706 g/mol. The number of fused-ring (bicyclic) bond motifs is 6. The number of piperidine rings is 1. The minimum atomic E-state index is -0.963. The molecule has 6 rings (SSSR count). The third kappa shape index (κ3) is 7.66. The summed E-state index contributed by atoms with van der Waals surface area (Å²) in [6.07, 6.45) is -0.711. The lowest BCUT2D eigenvalue weighted by Gasteiger charge is -2.52. The van der Waals surface area contributed by atoms with Gasteiger partial charge in [-0.15, -0.1) is 0 Å². The molecule has 16 heteroatoms. The Morgan fingerprint density at radius 3 is 2.35 bits per heavy atom. The Hall–Kier alpha value is -5.35. The number of methoxy groups -OCH3 is 4. The second-order valence-corrected chi connectivity index (χ2v) is 13.5. The Bertz CT molecular complexity index is 1900. The quantitative estimate of drug-likeness (QED) is 0.125. The van der Waals surface area contributed by atoms with Crippen molar-refractivity contribution in [2.24, 2.45) is 17.8 Å². The van der Waals surface area contributed by atoms with Crippen LogP contribution in [0.2, 0.25) is 0 Å². The normalized spacial score (nSPS) is 23.1. The number of carbonyl (C=O) groups is 5. The molecule has 2 N–H and O–H groups in total. The smallest absolute Gasteiger partial charge is 0.493 e. The largest absolute Gasteiger partial charge is 0.514 e. The van der Waals surface area contributed by atoms with Crippen molar-refractivity contribution in [2.75, 3.05) is 54.7 Å². The molecule has 54 heavy (non-hydrogen) atoms. The van der Waals surface area contributed by atoms with E-state index in [4.69, 9.17) is 37.9 Å². The number of aromatic nitrogens is 1. The number of nitrogens with one attached hydrogen (secondary N) is 2. The van der Waals surface area contributed by atoms with Crippen LogP contribution >= 0.6 is 0 Å². The molecule has 0 spiro atoms. The Morgan fingerprint density at radius 2 is 1.70 bits per heavy atom. The molecule has 2 fully saturated rings. The number of esters is 3. The third-order valence-electron chi connectivity index (χ3n) is 10.5. The summed E-state index contributed by atoms with van der Waals surface area (Å²) in [5.74, 6) is -2.58. The van der Waals surface area contributed by atoms with E-state index in [2.05, 4.69) is 15.2 Å². The number of rotatable bonds is 11. The van der Waals surface area contributed by atoms with E-state index in [0.29, 0.717) is 25.1 Å². The van der Waals surface area contributed by atoms with Crippen LogP contribution in [0, 0.1) is 17.8 Å². The number of aromatic amines is 1. The fourth-order valence-electron chi connectivity index (χ4n) is 8.19. The molecule has 290 valence electrons. The Labute approximate surface area is 311 Å². The van der Waals surface area contributed by atoms with Crippen LogP contribution in [0.5, 0.6) is 23.0 Å².